The molecule has 1 aliphatic heterocycles. The molecule has 1 aliphatic rings. The average Bonchev–Trinajstić information content (AvgIpc) is 2.71. The predicted molar refractivity (Wildman–Crippen MR) is 77.2 cm³/mol. The van der Waals surface area contributed by atoms with Gasteiger partial charge in [0.2, 0.25) is 0 Å². The molecule has 4 heteroatoms. The van der Waals surface area contributed by atoms with Gasteiger partial charge < -0.3 is 4.90 Å². The highest BCUT2D eigenvalue weighted by Gasteiger charge is 2.15. The van der Waals surface area contributed by atoms with E-state index < -0.39 is 0 Å². The minimum absolute atomic E-state index is 0. The van der Waals surface area contributed by atoms with Crippen molar-refractivity contribution in [2.45, 2.75) is 12.8 Å². The van der Waals surface area contributed by atoms with Crippen molar-refractivity contribution < 1.29 is 0 Å². The van der Waals surface area contributed by atoms with Crippen molar-refractivity contribution in [2.75, 3.05) is 13.1 Å². The quantitative estimate of drug-likeness (QED) is 0.450. The second kappa shape index (κ2) is 5.84. The first-order chi connectivity index (χ1) is 6.77. The van der Waals surface area contributed by atoms with Crippen LogP contribution in [0.2, 0.25) is 0 Å². The summed E-state index contributed by atoms with van der Waals surface area (Å²) in [7, 11) is 0. The smallest absolute Gasteiger partial charge is 0.128 e. The highest BCUT2D eigenvalue weighted by atomic mass is 127. The molecule has 1 heterocycles. The second-order valence-electron chi connectivity index (χ2n) is 3.55. The van der Waals surface area contributed by atoms with E-state index in [9.17, 15) is 0 Å². The van der Waals surface area contributed by atoms with Gasteiger partial charge in [-0.3, -0.25) is 5.41 Å². The molecule has 0 bridgehead atoms. The van der Waals surface area contributed by atoms with Crippen molar-refractivity contribution in [3.8, 4) is 0 Å². The Balaban J connectivity index is 0.00000112. The summed E-state index contributed by atoms with van der Waals surface area (Å²) in [5, 5.41) is 8.01. The van der Waals surface area contributed by atoms with E-state index in [1.807, 2.05) is 24.3 Å². The molecule has 15 heavy (non-hydrogen) atoms. The third-order valence-electron chi connectivity index (χ3n) is 2.54. The monoisotopic (exact) mass is 380 g/mol. The summed E-state index contributed by atoms with van der Waals surface area (Å²) >= 11 is 3.39. The molecule has 1 fully saturated rings. The number of nitrogens with one attached hydrogen (secondary N) is 1. The maximum absolute atomic E-state index is 8.01. The van der Waals surface area contributed by atoms with E-state index >= 15 is 0 Å². The Morgan fingerprint density at radius 2 is 1.67 bits per heavy atom. The van der Waals surface area contributed by atoms with Crippen molar-refractivity contribution in [1.29, 1.82) is 5.41 Å². The molecule has 1 aromatic rings. The zero-order valence-corrected chi connectivity index (χ0v) is 12.3. The van der Waals surface area contributed by atoms with Crippen molar-refractivity contribution in [3.05, 3.63) is 34.3 Å². The number of nitrogens with zero attached hydrogens (tertiary/aromatic N) is 1. The van der Waals surface area contributed by atoms with Crippen LogP contribution in [-0.4, -0.2) is 23.8 Å². The molecule has 0 amide bonds. The third-order valence-corrected chi connectivity index (χ3v) is 3.07. The van der Waals surface area contributed by atoms with Gasteiger partial charge >= 0.3 is 0 Å². The Morgan fingerprint density at radius 3 is 2.20 bits per heavy atom. The molecule has 2 nitrogen and oxygen atoms in total. The van der Waals surface area contributed by atoms with Crippen LogP contribution in [0.5, 0.6) is 0 Å². The van der Waals surface area contributed by atoms with E-state index in [-0.39, 0.29) is 24.0 Å². The molecule has 0 atom stereocenters. The zero-order valence-electron chi connectivity index (χ0n) is 8.37. The predicted octanol–water partition coefficient (Wildman–Crippen LogP) is 3.49. The normalized spacial score (nSPS) is 14.9. The Labute approximate surface area is 116 Å². The van der Waals surface area contributed by atoms with Gasteiger partial charge in [-0.1, -0.05) is 28.1 Å². The van der Waals surface area contributed by atoms with Crippen LogP contribution in [0.3, 0.4) is 0 Å². The maximum Gasteiger partial charge on any atom is 0.128 e. The van der Waals surface area contributed by atoms with Gasteiger partial charge in [0.25, 0.3) is 0 Å². The first-order valence-electron chi connectivity index (χ1n) is 4.87. The molecule has 82 valence electrons. The first kappa shape index (κ1) is 13.0. The van der Waals surface area contributed by atoms with Crippen LogP contribution in [-0.2, 0) is 0 Å². The Kier molecular flexibility index (Phi) is 5.05. The van der Waals surface area contributed by atoms with E-state index in [0.29, 0.717) is 5.84 Å². The molecule has 2 rings (SSSR count). The van der Waals surface area contributed by atoms with Crippen LogP contribution in [0.15, 0.2) is 28.7 Å². The lowest BCUT2D eigenvalue weighted by molar-refractivity contribution is 0.517. The number of hydrogen-bond donors (Lipinski definition) is 1. The summed E-state index contributed by atoms with van der Waals surface area (Å²) in [4.78, 5) is 2.14. The number of rotatable bonds is 1. The summed E-state index contributed by atoms with van der Waals surface area (Å²) < 4.78 is 1.07. The number of amidine groups is 1. The Hall–Kier alpha value is -0.100. The molecule has 1 saturated heterocycles. The van der Waals surface area contributed by atoms with E-state index in [0.717, 1.165) is 23.1 Å². The topological polar surface area (TPSA) is 27.1 Å². The number of hydrogen-bond acceptors (Lipinski definition) is 1. The lowest BCUT2D eigenvalue weighted by Crippen LogP contribution is -2.27. The lowest BCUT2D eigenvalue weighted by atomic mass is 10.2. The van der Waals surface area contributed by atoms with Crippen molar-refractivity contribution >= 4 is 45.7 Å². The molecule has 0 unspecified atom stereocenters. The fourth-order valence-corrected chi connectivity index (χ4v) is 2.00. The van der Waals surface area contributed by atoms with Crippen LogP contribution in [0.25, 0.3) is 0 Å². The van der Waals surface area contributed by atoms with Gasteiger partial charge in [0.15, 0.2) is 0 Å². The highest BCUT2D eigenvalue weighted by molar-refractivity contribution is 14.0. The number of halogens is 2. The SMILES string of the molecule is I.N=C(c1ccc(Br)cc1)N1CCCC1. The second-order valence-corrected chi connectivity index (χ2v) is 4.47. The summed E-state index contributed by atoms with van der Waals surface area (Å²) in [5.74, 6) is 0.662. The van der Waals surface area contributed by atoms with Crippen LogP contribution >= 0.6 is 39.9 Å². The standard InChI is InChI=1S/C11H13BrN2.HI/c12-10-5-3-9(4-6-10)11(13)14-7-1-2-8-14;/h3-6,13H,1-2,7-8H2;1H. The molecular weight excluding hydrogens is 367 g/mol. The van der Waals surface area contributed by atoms with Gasteiger partial charge in [0, 0.05) is 23.1 Å². The number of likely N-dealkylation sites (tertiary alicyclic amines) is 1. The molecule has 0 saturated carbocycles. The summed E-state index contributed by atoms with van der Waals surface area (Å²) in [6.07, 6.45) is 2.44. The minimum atomic E-state index is 0. The van der Waals surface area contributed by atoms with E-state index in [2.05, 4.69) is 20.8 Å². The van der Waals surface area contributed by atoms with Crippen molar-refractivity contribution in [3.63, 3.8) is 0 Å². The summed E-state index contributed by atoms with van der Waals surface area (Å²) in [5.41, 5.74) is 1.01. The molecule has 1 N–H and O–H groups in total. The number of benzene rings is 1. The minimum Gasteiger partial charge on any atom is -0.357 e. The molecule has 0 radical (unpaired) electrons. The van der Waals surface area contributed by atoms with Crippen LogP contribution in [0, 0.1) is 5.41 Å². The average molecular weight is 381 g/mol. The van der Waals surface area contributed by atoms with Gasteiger partial charge in [0.05, 0.1) is 0 Å². The van der Waals surface area contributed by atoms with E-state index in [4.69, 9.17) is 5.41 Å². The Morgan fingerprint density at radius 1 is 1.13 bits per heavy atom. The maximum atomic E-state index is 8.01. The van der Waals surface area contributed by atoms with E-state index in [1.54, 1.807) is 0 Å². The molecule has 1 aromatic carbocycles. The van der Waals surface area contributed by atoms with Crippen LogP contribution < -0.4 is 0 Å². The van der Waals surface area contributed by atoms with E-state index in [1.165, 1.54) is 12.8 Å². The zero-order chi connectivity index (χ0) is 9.97. The van der Waals surface area contributed by atoms with Crippen LogP contribution in [0.1, 0.15) is 18.4 Å². The van der Waals surface area contributed by atoms with Gasteiger partial charge in [-0.15, -0.1) is 24.0 Å². The van der Waals surface area contributed by atoms with Gasteiger partial charge in [-0.25, -0.2) is 0 Å². The third kappa shape index (κ3) is 3.17. The summed E-state index contributed by atoms with van der Waals surface area (Å²) in [6.45, 7) is 2.07. The van der Waals surface area contributed by atoms with Crippen molar-refractivity contribution in [2.24, 2.45) is 0 Å². The largest absolute Gasteiger partial charge is 0.357 e. The molecule has 0 spiro atoms. The molecular formula is C11H14BrIN2. The van der Waals surface area contributed by atoms with Gasteiger partial charge in [-0.2, -0.15) is 0 Å². The Bertz CT molecular complexity index is 331. The van der Waals surface area contributed by atoms with Gasteiger partial charge in [-0.05, 0) is 25.0 Å². The fourth-order valence-electron chi connectivity index (χ4n) is 1.73. The fraction of sp³-hybridized carbons (Fsp3) is 0.364. The molecule has 0 aliphatic carbocycles. The van der Waals surface area contributed by atoms with Crippen LogP contribution in [0.4, 0.5) is 0 Å². The van der Waals surface area contributed by atoms with Gasteiger partial charge in [0.1, 0.15) is 5.84 Å². The lowest BCUT2D eigenvalue weighted by Gasteiger charge is -2.18. The summed E-state index contributed by atoms with van der Waals surface area (Å²) in [6, 6.07) is 7.95. The highest BCUT2D eigenvalue weighted by Crippen LogP contribution is 2.15. The van der Waals surface area contributed by atoms with Crippen molar-refractivity contribution in [1.82, 2.24) is 4.90 Å². The molecule has 0 aromatic heterocycles. The first-order valence-corrected chi connectivity index (χ1v) is 5.66.